The molecule has 1 aliphatic heterocycles. The summed E-state index contributed by atoms with van der Waals surface area (Å²) in [5.74, 6) is 0.509. The van der Waals surface area contributed by atoms with Crippen LogP contribution in [-0.4, -0.2) is 46.9 Å². The van der Waals surface area contributed by atoms with Gasteiger partial charge in [0, 0.05) is 5.92 Å². The van der Waals surface area contributed by atoms with Crippen molar-refractivity contribution in [1.29, 1.82) is 0 Å². The highest BCUT2D eigenvalue weighted by atomic mass is 16.4. The van der Waals surface area contributed by atoms with Crippen LogP contribution in [0.3, 0.4) is 0 Å². The molecule has 0 spiro atoms. The monoisotopic (exact) mass is 354 g/mol. The minimum Gasteiger partial charge on any atom is -0.421 e. The van der Waals surface area contributed by atoms with Crippen molar-refractivity contribution in [2.24, 2.45) is 17.4 Å². The first-order valence-corrected chi connectivity index (χ1v) is 9.01. The van der Waals surface area contributed by atoms with E-state index in [9.17, 15) is 9.90 Å². The molecule has 1 unspecified atom stereocenters. The Bertz CT molecular complexity index is 530. The largest absolute Gasteiger partial charge is 0.421 e. The van der Waals surface area contributed by atoms with E-state index in [0.717, 1.165) is 38.8 Å². The van der Waals surface area contributed by atoms with Crippen LogP contribution in [0.25, 0.3) is 0 Å². The summed E-state index contributed by atoms with van der Waals surface area (Å²) in [5, 5.41) is 23.8. The molecule has 25 heavy (non-hydrogen) atoms. The number of aromatic nitrogens is 2. The summed E-state index contributed by atoms with van der Waals surface area (Å²) in [7, 11) is 0. The van der Waals surface area contributed by atoms with Crippen molar-refractivity contribution in [1.82, 2.24) is 20.8 Å². The molecule has 2 rings (SSSR count). The molecule has 0 aromatic carbocycles. The Morgan fingerprint density at radius 3 is 2.68 bits per heavy atom. The van der Waals surface area contributed by atoms with Gasteiger partial charge in [0.25, 0.3) is 0 Å². The molecule has 142 valence electrons. The molecule has 9 heteroatoms. The van der Waals surface area contributed by atoms with Crippen LogP contribution < -0.4 is 22.1 Å². The zero-order chi connectivity index (χ0) is 18.2. The Hall–Kier alpha value is -1.55. The van der Waals surface area contributed by atoms with Gasteiger partial charge < -0.3 is 31.6 Å². The van der Waals surface area contributed by atoms with Gasteiger partial charge in [0.15, 0.2) is 0 Å². The molecule has 9 nitrogen and oxygen atoms in total. The summed E-state index contributed by atoms with van der Waals surface area (Å²) in [4.78, 5) is 12.5. The lowest BCUT2D eigenvalue weighted by atomic mass is 9.96. The number of nitrogens with one attached hydrogen (secondary N) is 2. The number of hydrogen-bond acceptors (Lipinski definition) is 8. The van der Waals surface area contributed by atoms with Gasteiger partial charge in [-0.1, -0.05) is 0 Å². The van der Waals surface area contributed by atoms with Crippen molar-refractivity contribution >= 4 is 5.91 Å². The van der Waals surface area contributed by atoms with E-state index in [1.165, 1.54) is 0 Å². The fraction of sp³-hybridized carbons (Fsp3) is 0.812. The van der Waals surface area contributed by atoms with Crippen molar-refractivity contribution in [3.8, 4) is 0 Å². The van der Waals surface area contributed by atoms with Gasteiger partial charge in [0.2, 0.25) is 17.7 Å². The fourth-order valence-corrected chi connectivity index (χ4v) is 2.85. The lowest BCUT2D eigenvalue weighted by molar-refractivity contribution is -0.126. The Kier molecular flexibility index (Phi) is 7.76. The molecular formula is C16H30N6O3. The van der Waals surface area contributed by atoms with Crippen LogP contribution in [0.15, 0.2) is 4.42 Å². The van der Waals surface area contributed by atoms with Crippen LogP contribution in [0, 0.1) is 5.92 Å². The Balaban J connectivity index is 2.05. The Morgan fingerprint density at radius 2 is 2.04 bits per heavy atom. The van der Waals surface area contributed by atoms with Crippen molar-refractivity contribution in [2.45, 2.75) is 57.2 Å². The van der Waals surface area contributed by atoms with Gasteiger partial charge in [0.1, 0.15) is 12.1 Å². The normalized spacial score (nSPS) is 19.4. The maximum atomic E-state index is 12.5. The summed E-state index contributed by atoms with van der Waals surface area (Å²) in [6.07, 6.45) is 3.21. The molecule has 1 aromatic heterocycles. The number of unbranched alkanes of at least 4 members (excludes halogenated alkanes) is 1. The van der Waals surface area contributed by atoms with Gasteiger partial charge in [-0.25, -0.2) is 0 Å². The highest BCUT2D eigenvalue weighted by Gasteiger charge is 2.27. The molecule has 3 atom stereocenters. The Labute approximate surface area is 147 Å². The second-order valence-electron chi connectivity index (χ2n) is 6.61. The standard InChI is InChI=1S/C16H30N6O3/c1-10(23)13(18)16-22-21-15(25-16)12(4-2-3-7-17)20-14(24)11-5-8-19-9-6-11/h10-13,19,23H,2-9,17-18H2,1H3,(H,20,24)/t10-,12+,13?/m1/s1. The van der Waals surface area contributed by atoms with E-state index in [2.05, 4.69) is 20.8 Å². The minimum atomic E-state index is -0.798. The van der Waals surface area contributed by atoms with E-state index >= 15 is 0 Å². The van der Waals surface area contributed by atoms with Crippen molar-refractivity contribution < 1.29 is 14.3 Å². The van der Waals surface area contributed by atoms with Crippen molar-refractivity contribution in [2.75, 3.05) is 19.6 Å². The molecule has 1 aliphatic rings. The zero-order valence-electron chi connectivity index (χ0n) is 14.8. The first-order chi connectivity index (χ1) is 12.0. The summed E-state index contributed by atoms with van der Waals surface area (Å²) in [6, 6.07) is -1.11. The van der Waals surface area contributed by atoms with Crippen LogP contribution in [0.1, 0.15) is 62.9 Å². The molecule has 0 bridgehead atoms. The number of amides is 1. The number of nitrogens with zero attached hydrogens (tertiary/aromatic N) is 2. The number of aliphatic hydroxyl groups excluding tert-OH is 1. The minimum absolute atomic E-state index is 0.000344. The van der Waals surface area contributed by atoms with Gasteiger partial charge in [-0.3, -0.25) is 4.79 Å². The number of nitrogens with two attached hydrogens (primary N) is 2. The van der Waals surface area contributed by atoms with Gasteiger partial charge in [-0.2, -0.15) is 0 Å². The van der Waals surface area contributed by atoms with Crippen LogP contribution in [0.4, 0.5) is 0 Å². The molecule has 2 heterocycles. The summed E-state index contributed by atoms with van der Waals surface area (Å²) >= 11 is 0. The van der Waals surface area contributed by atoms with Crippen LogP contribution in [0.2, 0.25) is 0 Å². The van der Waals surface area contributed by atoms with E-state index in [-0.39, 0.29) is 23.8 Å². The van der Waals surface area contributed by atoms with Crippen LogP contribution in [0.5, 0.6) is 0 Å². The van der Waals surface area contributed by atoms with E-state index in [1.807, 2.05) is 0 Å². The van der Waals surface area contributed by atoms with E-state index in [1.54, 1.807) is 6.92 Å². The number of rotatable bonds is 9. The molecule has 0 aliphatic carbocycles. The average molecular weight is 354 g/mol. The molecule has 0 radical (unpaired) electrons. The highest BCUT2D eigenvalue weighted by Crippen LogP contribution is 2.23. The molecule has 1 saturated heterocycles. The maximum Gasteiger partial charge on any atom is 0.238 e. The number of aliphatic hydroxyl groups is 1. The summed E-state index contributed by atoms with van der Waals surface area (Å²) < 4.78 is 5.62. The molecular weight excluding hydrogens is 324 g/mol. The smallest absolute Gasteiger partial charge is 0.238 e. The predicted molar refractivity (Wildman–Crippen MR) is 92.3 cm³/mol. The molecule has 0 saturated carbocycles. The van der Waals surface area contributed by atoms with Gasteiger partial charge in [0.05, 0.1) is 6.10 Å². The molecule has 1 amide bonds. The first-order valence-electron chi connectivity index (χ1n) is 9.01. The van der Waals surface area contributed by atoms with Gasteiger partial charge in [-0.15, -0.1) is 10.2 Å². The number of piperidine rings is 1. The predicted octanol–water partition coefficient (Wildman–Crippen LogP) is -0.264. The van der Waals surface area contributed by atoms with Crippen molar-refractivity contribution in [3.63, 3.8) is 0 Å². The van der Waals surface area contributed by atoms with Crippen molar-refractivity contribution in [3.05, 3.63) is 11.8 Å². The summed E-state index contributed by atoms with van der Waals surface area (Å²) in [6.45, 7) is 3.86. The maximum absolute atomic E-state index is 12.5. The molecule has 7 N–H and O–H groups in total. The topological polar surface area (TPSA) is 152 Å². The van der Waals surface area contributed by atoms with E-state index in [0.29, 0.717) is 18.9 Å². The number of carbonyl (C=O) groups excluding carboxylic acids is 1. The second-order valence-corrected chi connectivity index (χ2v) is 6.61. The third-order valence-electron chi connectivity index (χ3n) is 4.53. The Morgan fingerprint density at radius 1 is 1.36 bits per heavy atom. The van der Waals surface area contributed by atoms with Crippen LogP contribution in [-0.2, 0) is 4.79 Å². The first kappa shape index (κ1) is 19.8. The lowest BCUT2D eigenvalue weighted by Crippen LogP contribution is -2.39. The number of hydrogen-bond donors (Lipinski definition) is 5. The average Bonchev–Trinajstić information content (AvgIpc) is 3.10. The third-order valence-corrected chi connectivity index (χ3v) is 4.53. The second kappa shape index (κ2) is 9.81. The zero-order valence-corrected chi connectivity index (χ0v) is 14.8. The van der Waals surface area contributed by atoms with Gasteiger partial charge in [-0.05, 0) is 58.7 Å². The van der Waals surface area contributed by atoms with E-state index < -0.39 is 12.1 Å². The fourth-order valence-electron chi connectivity index (χ4n) is 2.85. The summed E-state index contributed by atoms with van der Waals surface area (Å²) in [5.41, 5.74) is 11.4. The van der Waals surface area contributed by atoms with Gasteiger partial charge >= 0.3 is 0 Å². The third kappa shape index (κ3) is 5.74. The van der Waals surface area contributed by atoms with Crippen LogP contribution >= 0.6 is 0 Å². The molecule has 1 aromatic rings. The lowest BCUT2D eigenvalue weighted by Gasteiger charge is -2.24. The molecule has 1 fully saturated rings. The SMILES string of the molecule is C[C@@H](O)C(N)c1nnc([C@H](CCCCN)NC(=O)C2CCNCC2)o1. The number of carbonyl (C=O) groups is 1. The highest BCUT2D eigenvalue weighted by molar-refractivity contribution is 5.79. The quantitative estimate of drug-likeness (QED) is 0.380. The van der Waals surface area contributed by atoms with E-state index in [4.69, 9.17) is 15.9 Å².